The Morgan fingerprint density at radius 3 is 2.38 bits per heavy atom. The Balaban J connectivity index is 1.40. The molecule has 4 unspecified atom stereocenters. The van der Waals surface area contributed by atoms with Crippen molar-refractivity contribution in [3.8, 4) is 17.2 Å². The number of aromatic hydroxyl groups is 1. The van der Waals surface area contributed by atoms with Gasteiger partial charge in [0.25, 0.3) is 0 Å². The molecule has 2 saturated heterocycles. The van der Waals surface area contributed by atoms with Gasteiger partial charge in [-0.15, -0.1) is 0 Å². The number of ether oxygens (including phenoxy) is 3. The summed E-state index contributed by atoms with van der Waals surface area (Å²) in [6, 6.07) is 11.5. The first-order chi connectivity index (χ1) is 12.7. The van der Waals surface area contributed by atoms with Crippen LogP contribution in [0.5, 0.6) is 17.2 Å². The fourth-order valence-electron chi connectivity index (χ4n) is 4.21. The number of hydrogen-bond acceptors (Lipinski definition) is 6. The van der Waals surface area contributed by atoms with Gasteiger partial charge in [-0.1, -0.05) is 18.2 Å². The van der Waals surface area contributed by atoms with Crippen molar-refractivity contribution in [3.63, 3.8) is 0 Å². The minimum absolute atomic E-state index is 0.0153. The molecule has 0 spiro atoms. The molecule has 0 amide bonds. The predicted molar refractivity (Wildman–Crippen MR) is 90.9 cm³/mol. The molecular formula is C20H20O6. The molecule has 0 radical (unpaired) electrons. The van der Waals surface area contributed by atoms with Gasteiger partial charge in [-0.2, -0.15) is 4.89 Å². The Hall–Kier alpha value is -2.28. The lowest BCUT2D eigenvalue weighted by Crippen LogP contribution is -2.14. The summed E-state index contributed by atoms with van der Waals surface area (Å²) in [7, 11) is 1.55. The Kier molecular flexibility index (Phi) is 3.77. The largest absolute Gasteiger partial charge is 0.504 e. The highest BCUT2D eigenvalue weighted by atomic mass is 17.2. The number of phenolic OH excluding ortho intramolecular Hbond substituents is 1. The van der Waals surface area contributed by atoms with Gasteiger partial charge in [0.05, 0.1) is 32.5 Å². The Bertz CT molecular complexity index is 810. The minimum atomic E-state index is -0.0616. The number of phenols is 1. The lowest BCUT2D eigenvalue weighted by atomic mass is 9.84. The van der Waals surface area contributed by atoms with Crippen LogP contribution in [0.25, 0.3) is 0 Å². The van der Waals surface area contributed by atoms with Gasteiger partial charge in [-0.25, -0.2) is 0 Å². The molecule has 1 N–H and O–H groups in total. The zero-order chi connectivity index (χ0) is 17.7. The number of methoxy groups -OCH3 is 1. The van der Waals surface area contributed by atoms with Gasteiger partial charge in [0.1, 0.15) is 6.61 Å². The van der Waals surface area contributed by atoms with Crippen molar-refractivity contribution in [2.24, 2.45) is 11.8 Å². The quantitative estimate of drug-likeness (QED) is 0.851. The molecule has 26 heavy (non-hydrogen) atoms. The predicted octanol–water partition coefficient (Wildman–Crippen LogP) is 3.30. The summed E-state index contributed by atoms with van der Waals surface area (Å²) >= 11 is 0. The zero-order valence-corrected chi connectivity index (χ0v) is 14.4. The molecule has 0 aliphatic carbocycles. The molecule has 0 aromatic heterocycles. The van der Waals surface area contributed by atoms with Gasteiger partial charge in [0, 0.05) is 17.4 Å². The number of fused-ring (bicyclic) bond motifs is 2. The molecule has 2 aromatic carbocycles. The smallest absolute Gasteiger partial charge is 0.171 e. The van der Waals surface area contributed by atoms with Crippen molar-refractivity contribution >= 4 is 0 Å². The molecule has 5 rings (SSSR count). The van der Waals surface area contributed by atoms with Gasteiger partial charge in [0.2, 0.25) is 0 Å². The average molecular weight is 356 g/mol. The molecule has 0 bridgehead atoms. The van der Waals surface area contributed by atoms with Crippen molar-refractivity contribution in [2.45, 2.75) is 18.8 Å². The van der Waals surface area contributed by atoms with E-state index in [2.05, 4.69) is 6.07 Å². The highest BCUT2D eigenvalue weighted by Gasteiger charge is 2.48. The highest BCUT2D eigenvalue weighted by Crippen LogP contribution is 2.51. The maximum Gasteiger partial charge on any atom is 0.171 e. The van der Waals surface area contributed by atoms with Crippen molar-refractivity contribution in [1.82, 2.24) is 0 Å². The Morgan fingerprint density at radius 1 is 0.962 bits per heavy atom. The molecule has 0 saturated carbocycles. The van der Waals surface area contributed by atoms with Crippen LogP contribution in [0, 0.1) is 11.8 Å². The van der Waals surface area contributed by atoms with E-state index in [1.165, 1.54) is 0 Å². The first kappa shape index (κ1) is 15.9. The molecule has 3 aliphatic heterocycles. The van der Waals surface area contributed by atoms with Crippen molar-refractivity contribution in [3.05, 3.63) is 53.1 Å². The maximum atomic E-state index is 9.82. The van der Waals surface area contributed by atoms with E-state index in [0.29, 0.717) is 25.6 Å². The number of benzene rings is 2. The van der Waals surface area contributed by atoms with Crippen molar-refractivity contribution in [1.29, 1.82) is 0 Å². The standard InChI is InChI=1S/C20H20O6/c1-22-18-7-12(4-5-16(18)21)20-15-10-23-19(14(15)9-24-20)11-2-3-13-8-25-26-17(13)6-11/h2-7,14-15,19-21H,8-10H2,1H3. The third-order valence-corrected chi connectivity index (χ3v) is 5.58. The first-order valence-electron chi connectivity index (χ1n) is 8.77. The lowest BCUT2D eigenvalue weighted by Gasteiger charge is -2.17. The molecule has 3 aliphatic rings. The summed E-state index contributed by atoms with van der Waals surface area (Å²) in [6.07, 6.45) is -0.0768. The zero-order valence-electron chi connectivity index (χ0n) is 14.4. The molecule has 4 atom stereocenters. The summed E-state index contributed by atoms with van der Waals surface area (Å²) < 4.78 is 17.5. The summed E-state index contributed by atoms with van der Waals surface area (Å²) in [5.41, 5.74) is 3.15. The van der Waals surface area contributed by atoms with Crippen LogP contribution >= 0.6 is 0 Å². The van der Waals surface area contributed by atoms with E-state index in [-0.39, 0.29) is 29.8 Å². The summed E-state index contributed by atoms with van der Waals surface area (Å²) in [4.78, 5) is 10.2. The van der Waals surface area contributed by atoms with Gasteiger partial charge < -0.3 is 24.2 Å². The average Bonchev–Trinajstić information content (AvgIpc) is 3.37. The third kappa shape index (κ3) is 2.45. The van der Waals surface area contributed by atoms with Gasteiger partial charge >= 0.3 is 0 Å². The second-order valence-electron chi connectivity index (χ2n) is 6.98. The lowest BCUT2D eigenvalue weighted by molar-refractivity contribution is -0.194. The van der Waals surface area contributed by atoms with Crippen LogP contribution in [-0.2, 0) is 21.0 Å². The van der Waals surface area contributed by atoms with Gasteiger partial charge in [-0.05, 0) is 29.3 Å². The Morgan fingerprint density at radius 2 is 1.65 bits per heavy atom. The van der Waals surface area contributed by atoms with Crippen LogP contribution in [0.15, 0.2) is 36.4 Å². The normalized spacial score (nSPS) is 29.3. The summed E-state index contributed by atoms with van der Waals surface area (Å²) in [5, 5.41) is 9.82. The first-order valence-corrected chi connectivity index (χ1v) is 8.77. The van der Waals surface area contributed by atoms with E-state index in [0.717, 1.165) is 22.4 Å². The molecule has 3 heterocycles. The fourth-order valence-corrected chi connectivity index (χ4v) is 4.21. The molecule has 2 aromatic rings. The molecular weight excluding hydrogens is 336 g/mol. The molecule has 2 fully saturated rings. The second-order valence-corrected chi connectivity index (χ2v) is 6.98. The van der Waals surface area contributed by atoms with E-state index in [1.54, 1.807) is 13.2 Å². The third-order valence-electron chi connectivity index (χ3n) is 5.58. The highest BCUT2D eigenvalue weighted by molar-refractivity contribution is 5.43. The second kappa shape index (κ2) is 6.16. The summed E-state index contributed by atoms with van der Waals surface area (Å²) in [6.45, 7) is 1.76. The molecule has 6 nitrogen and oxygen atoms in total. The monoisotopic (exact) mass is 356 g/mol. The van der Waals surface area contributed by atoms with Crippen LogP contribution < -0.4 is 9.62 Å². The SMILES string of the molecule is COc1cc(C2OCC3C(c4ccc5c(c4)OOC5)OCC23)ccc1O. The van der Waals surface area contributed by atoms with Crippen molar-refractivity contribution in [2.75, 3.05) is 20.3 Å². The van der Waals surface area contributed by atoms with E-state index in [9.17, 15) is 5.11 Å². The van der Waals surface area contributed by atoms with E-state index < -0.39 is 0 Å². The van der Waals surface area contributed by atoms with Crippen LogP contribution in [0.1, 0.15) is 28.9 Å². The van der Waals surface area contributed by atoms with E-state index >= 15 is 0 Å². The van der Waals surface area contributed by atoms with Crippen LogP contribution in [0.3, 0.4) is 0 Å². The minimum Gasteiger partial charge on any atom is -0.504 e. The van der Waals surface area contributed by atoms with Crippen molar-refractivity contribution < 1.29 is 29.1 Å². The number of hydrogen-bond donors (Lipinski definition) is 1. The Labute approximate surface area is 151 Å². The number of rotatable bonds is 3. The molecule has 136 valence electrons. The van der Waals surface area contributed by atoms with Gasteiger partial charge in [0.15, 0.2) is 17.2 Å². The van der Waals surface area contributed by atoms with Crippen LogP contribution in [0.4, 0.5) is 0 Å². The van der Waals surface area contributed by atoms with Gasteiger partial charge in [-0.3, -0.25) is 0 Å². The fraction of sp³-hybridized carbons (Fsp3) is 0.400. The van der Waals surface area contributed by atoms with Crippen LogP contribution in [0.2, 0.25) is 0 Å². The summed E-state index contributed by atoms with van der Waals surface area (Å²) in [5.74, 6) is 1.90. The molecule has 6 heteroatoms. The maximum absolute atomic E-state index is 9.82. The van der Waals surface area contributed by atoms with E-state index in [1.807, 2.05) is 24.3 Å². The topological polar surface area (TPSA) is 66.4 Å². The van der Waals surface area contributed by atoms with E-state index in [4.69, 9.17) is 24.0 Å². The van der Waals surface area contributed by atoms with Crippen LogP contribution in [-0.4, -0.2) is 25.4 Å².